The average molecular weight is 244 g/mol. The van der Waals surface area contributed by atoms with E-state index in [4.69, 9.17) is 11.6 Å². The summed E-state index contributed by atoms with van der Waals surface area (Å²) in [4.78, 5) is 2.14. The van der Waals surface area contributed by atoms with Crippen molar-refractivity contribution in [3.63, 3.8) is 0 Å². The first kappa shape index (κ1) is 13.3. The second kappa shape index (κ2) is 6.09. The van der Waals surface area contributed by atoms with Gasteiger partial charge in [0.25, 0.3) is 0 Å². The molecule has 0 unspecified atom stereocenters. The molecule has 0 aliphatic heterocycles. The smallest absolute Gasteiger partial charge is 0.123 e. The third-order valence-electron chi connectivity index (χ3n) is 2.64. The van der Waals surface area contributed by atoms with Gasteiger partial charge in [0.15, 0.2) is 0 Å². The number of halogens is 2. The lowest BCUT2D eigenvalue weighted by Gasteiger charge is -2.22. The molecule has 0 aliphatic rings. The van der Waals surface area contributed by atoms with Crippen LogP contribution in [0.1, 0.15) is 25.8 Å². The molecule has 1 aromatic rings. The topological polar surface area (TPSA) is 3.24 Å². The Morgan fingerprint density at radius 3 is 2.62 bits per heavy atom. The molecule has 1 aromatic carbocycles. The van der Waals surface area contributed by atoms with E-state index in [0.29, 0.717) is 11.8 Å². The number of hydrogen-bond donors (Lipinski definition) is 0. The summed E-state index contributed by atoms with van der Waals surface area (Å²) in [6, 6.07) is 4.79. The predicted octanol–water partition coefficient (Wildman–Crippen LogP) is 4.05. The fraction of sp³-hybridized carbons (Fsp3) is 0.538. The van der Waals surface area contributed by atoms with Gasteiger partial charge in [-0.25, -0.2) is 4.39 Å². The predicted molar refractivity (Wildman–Crippen MR) is 68.7 cm³/mol. The number of anilines is 1. The standard InChI is InChI=1S/C13H19ClFN/c1-10(2)6-7-16(3)13-5-4-12(15)8-11(13)9-14/h4-5,8,10H,6-7,9H2,1-3H3. The minimum Gasteiger partial charge on any atom is -0.374 e. The molecule has 16 heavy (non-hydrogen) atoms. The zero-order chi connectivity index (χ0) is 12.1. The van der Waals surface area contributed by atoms with Crippen molar-refractivity contribution in [2.45, 2.75) is 26.1 Å². The molecule has 90 valence electrons. The summed E-state index contributed by atoms with van der Waals surface area (Å²) >= 11 is 5.82. The number of hydrogen-bond acceptors (Lipinski definition) is 1. The number of alkyl halides is 1. The van der Waals surface area contributed by atoms with Crippen LogP contribution < -0.4 is 4.90 Å². The number of benzene rings is 1. The molecule has 1 rings (SSSR count). The van der Waals surface area contributed by atoms with Gasteiger partial charge in [-0.15, -0.1) is 11.6 Å². The van der Waals surface area contributed by atoms with Crippen LogP contribution in [0.25, 0.3) is 0 Å². The van der Waals surface area contributed by atoms with E-state index >= 15 is 0 Å². The largest absolute Gasteiger partial charge is 0.374 e. The summed E-state index contributed by atoms with van der Waals surface area (Å²) in [5, 5.41) is 0. The molecule has 0 atom stereocenters. The Balaban J connectivity index is 2.77. The molecule has 0 fully saturated rings. The highest BCUT2D eigenvalue weighted by Gasteiger charge is 2.08. The second-order valence-electron chi connectivity index (χ2n) is 4.51. The summed E-state index contributed by atoms with van der Waals surface area (Å²) in [6.07, 6.45) is 1.12. The fourth-order valence-corrected chi connectivity index (χ4v) is 1.82. The van der Waals surface area contributed by atoms with Crippen LogP contribution in [0, 0.1) is 11.7 Å². The van der Waals surface area contributed by atoms with E-state index in [9.17, 15) is 4.39 Å². The van der Waals surface area contributed by atoms with E-state index in [-0.39, 0.29) is 5.82 Å². The highest BCUT2D eigenvalue weighted by atomic mass is 35.5. The Bertz CT molecular complexity index is 339. The summed E-state index contributed by atoms with van der Waals surface area (Å²) in [5.41, 5.74) is 1.88. The van der Waals surface area contributed by atoms with Crippen molar-refractivity contribution in [1.82, 2.24) is 0 Å². The third kappa shape index (κ3) is 3.67. The molecule has 0 aliphatic carbocycles. The van der Waals surface area contributed by atoms with E-state index in [1.165, 1.54) is 12.1 Å². The first-order chi connectivity index (χ1) is 7.54. The quantitative estimate of drug-likeness (QED) is 0.706. The van der Waals surface area contributed by atoms with Crippen molar-refractivity contribution in [2.24, 2.45) is 5.92 Å². The summed E-state index contributed by atoms with van der Waals surface area (Å²) < 4.78 is 13.0. The van der Waals surface area contributed by atoms with Gasteiger partial charge in [-0.3, -0.25) is 0 Å². The van der Waals surface area contributed by atoms with Crippen LogP contribution in [0.4, 0.5) is 10.1 Å². The van der Waals surface area contributed by atoms with Crippen molar-refractivity contribution < 1.29 is 4.39 Å². The molecule has 0 saturated heterocycles. The number of rotatable bonds is 5. The van der Waals surface area contributed by atoms with Gasteiger partial charge in [-0.1, -0.05) is 13.8 Å². The van der Waals surface area contributed by atoms with Crippen LogP contribution >= 0.6 is 11.6 Å². The SMILES string of the molecule is CC(C)CCN(C)c1ccc(F)cc1CCl. The summed E-state index contributed by atoms with van der Waals surface area (Å²) in [6.45, 7) is 5.36. The normalized spacial score (nSPS) is 10.9. The molecule has 0 radical (unpaired) electrons. The average Bonchev–Trinajstić information content (AvgIpc) is 2.25. The minimum absolute atomic E-state index is 0.225. The van der Waals surface area contributed by atoms with E-state index in [2.05, 4.69) is 18.7 Å². The zero-order valence-corrected chi connectivity index (χ0v) is 10.9. The Morgan fingerprint density at radius 2 is 2.06 bits per heavy atom. The summed E-state index contributed by atoms with van der Waals surface area (Å²) in [5.74, 6) is 0.790. The van der Waals surface area contributed by atoms with Crippen molar-refractivity contribution in [3.8, 4) is 0 Å². The maximum absolute atomic E-state index is 13.0. The molecule has 0 bridgehead atoms. The maximum atomic E-state index is 13.0. The lowest BCUT2D eigenvalue weighted by atomic mass is 10.1. The van der Waals surface area contributed by atoms with Crippen LogP contribution in [0.5, 0.6) is 0 Å². The molecule has 0 saturated carbocycles. The molecule has 0 spiro atoms. The minimum atomic E-state index is -0.225. The van der Waals surface area contributed by atoms with E-state index in [0.717, 1.165) is 24.2 Å². The fourth-order valence-electron chi connectivity index (χ4n) is 1.61. The van der Waals surface area contributed by atoms with Crippen LogP contribution in [-0.2, 0) is 5.88 Å². The van der Waals surface area contributed by atoms with Crippen LogP contribution in [0.2, 0.25) is 0 Å². The molecular formula is C13H19ClFN. The maximum Gasteiger partial charge on any atom is 0.123 e. The number of nitrogens with zero attached hydrogens (tertiary/aromatic N) is 1. The van der Waals surface area contributed by atoms with Crippen molar-refractivity contribution in [1.29, 1.82) is 0 Å². The van der Waals surface area contributed by atoms with E-state index in [1.807, 2.05) is 7.05 Å². The third-order valence-corrected chi connectivity index (χ3v) is 2.93. The van der Waals surface area contributed by atoms with Crippen molar-refractivity contribution in [2.75, 3.05) is 18.5 Å². The van der Waals surface area contributed by atoms with Gasteiger partial charge in [-0.05, 0) is 36.1 Å². The van der Waals surface area contributed by atoms with Crippen LogP contribution in [0.3, 0.4) is 0 Å². The molecule has 0 amide bonds. The van der Waals surface area contributed by atoms with E-state index < -0.39 is 0 Å². The van der Waals surface area contributed by atoms with Gasteiger partial charge in [0.2, 0.25) is 0 Å². The van der Waals surface area contributed by atoms with Gasteiger partial charge in [0.05, 0.1) is 0 Å². The molecule has 0 aromatic heterocycles. The second-order valence-corrected chi connectivity index (χ2v) is 4.78. The van der Waals surface area contributed by atoms with Gasteiger partial charge >= 0.3 is 0 Å². The monoisotopic (exact) mass is 243 g/mol. The Hall–Kier alpha value is -0.760. The summed E-state index contributed by atoms with van der Waals surface area (Å²) in [7, 11) is 2.02. The highest BCUT2D eigenvalue weighted by Crippen LogP contribution is 2.23. The lowest BCUT2D eigenvalue weighted by molar-refractivity contribution is 0.584. The molecule has 1 nitrogen and oxygen atoms in total. The first-order valence-electron chi connectivity index (χ1n) is 5.60. The van der Waals surface area contributed by atoms with Crippen molar-refractivity contribution in [3.05, 3.63) is 29.6 Å². The van der Waals surface area contributed by atoms with Crippen molar-refractivity contribution >= 4 is 17.3 Å². The van der Waals surface area contributed by atoms with E-state index in [1.54, 1.807) is 6.07 Å². The first-order valence-corrected chi connectivity index (χ1v) is 6.13. The Kier molecular flexibility index (Phi) is 5.07. The Labute approximate surface area is 102 Å². The molecular weight excluding hydrogens is 225 g/mol. The Morgan fingerprint density at radius 1 is 1.38 bits per heavy atom. The lowest BCUT2D eigenvalue weighted by Crippen LogP contribution is -2.21. The molecule has 0 heterocycles. The zero-order valence-electron chi connectivity index (χ0n) is 10.1. The van der Waals surface area contributed by atoms with Gasteiger partial charge in [0.1, 0.15) is 5.82 Å². The molecule has 0 N–H and O–H groups in total. The van der Waals surface area contributed by atoms with Crippen LogP contribution in [0.15, 0.2) is 18.2 Å². The van der Waals surface area contributed by atoms with Gasteiger partial charge in [-0.2, -0.15) is 0 Å². The van der Waals surface area contributed by atoms with Gasteiger partial charge in [0, 0.05) is 25.2 Å². The van der Waals surface area contributed by atoms with Gasteiger partial charge < -0.3 is 4.90 Å². The van der Waals surface area contributed by atoms with Crippen LogP contribution in [-0.4, -0.2) is 13.6 Å². The molecule has 3 heteroatoms. The highest BCUT2D eigenvalue weighted by molar-refractivity contribution is 6.17.